The zero-order valence-corrected chi connectivity index (χ0v) is 10.2. The third-order valence-electron chi connectivity index (χ3n) is 3.23. The molecule has 1 unspecified atom stereocenters. The predicted molar refractivity (Wildman–Crippen MR) is 65.8 cm³/mol. The Morgan fingerprint density at radius 2 is 2.39 bits per heavy atom. The summed E-state index contributed by atoms with van der Waals surface area (Å²) in [5.41, 5.74) is -0.114. The van der Waals surface area contributed by atoms with E-state index < -0.39 is 16.4 Å². The third kappa shape index (κ3) is 2.83. The van der Waals surface area contributed by atoms with Crippen LogP contribution in [0.15, 0.2) is 18.2 Å². The van der Waals surface area contributed by atoms with Crippen LogP contribution in [0, 0.1) is 15.9 Å². The zero-order valence-electron chi connectivity index (χ0n) is 10.2. The Kier molecular flexibility index (Phi) is 3.88. The zero-order chi connectivity index (χ0) is 13.1. The first-order chi connectivity index (χ1) is 8.58. The van der Waals surface area contributed by atoms with Gasteiger partial charge in [-0.2, -0.15) is 4.39 Å². The number of hydrogen-bond donors (Lipinski definition) is 1. The van der Waals surface area contributed by atoms with Crippen LogP contribution in [0.1, 0.15) is 12.0 Å². The SMILES string of the molecule is CN1CCC(NCc2cccc([N+](=O)[O-])c2F)C1. The molecular formula is C12H16FN3O2. The number of hydrogen-bond acceptors (Lipinski definition) is 4. The topological polar surface area (TPSA) is 58.4 Å². The van der Waals surface area contributed by atoms with Crippen LogP contribution >= 0.6 is 0 Å². The van der Waals surface area contributed by atoms with E-state index in [9.17, 15) is 14.5 Å². The fraction of sp³-hybridized carbons (Fsp3) is 0.500. The first-order valence-corrected chi connectivity index (χ1v) is 5.91. The van der Waals surface area contributed by atoms with Gasteiger partial charge in [-0.15, -0.1) is 0 Å². The molecule has 6 heteroatoms. The number of nitro benzene ring substituents is 1. The summed E-state index contributed by atoms with van der Waals surface area (Å²) in [5.74, 6) is -0.735. The van der Waals surface area contributed by atoms with Crippen molar-refractivity contribution >= 4 is 5.69 Å². The number of likely N-dealkylation sites (N-methyl/N-ethyl adjacent to an activating group) is 1. The largest absolute Gasteiger partial charge is 0.308 e. The lowest BCUT2D eigenvalue weighted by Crippen LogP contribution is -2.31. The number of rotatable bonds is 4. The fourth-order valence-corrected chi connectivity index (χ4v) is 2.20. The first kappa shape index (κ1) is 12.9. The Bertz CT molecular complexity index is 453. The summed E-state index contributed by atoms with van der Waals surface area (Å²) in [6, 6.07) is 4.60. The minimum atomic E-state index is -0.735. The molecule has 1 aliphatic rings. The lowest BCUT2D eigenvalue weighted by molar-refractivity contribution is -0.387. The molecule has 1 aromatic carbocycles. The Labute approximate surface area is 105 Å². The van der Waals surface area contributed by atoms with Crippen LogP contribution in [0.2, 0.25) is 0 Å². The van der Waals surface area contributed by atoms with Gasteiger partial charge < -0.3 is 10.2 Å². The van der Waals surface area contributed by atoms with Crippen molar-refractivity contribution in [3.63, 3.8) is 0 Å². The van der Waals surface area contributed by atoms with Gasteiger partial charge in [-0.1, -0.05) is 12.1 Å². The minimum absolute atomic E-state index is 0.325. The average molecular weight is 253 g/mol. The number of nitrogens with one attached hydrogen (secondary N) is 1. The summed E-state index contributed by atoms with van der Waals surface area (Å²) in [6.45, 7) is 2.28. The highest BCUT2D eigenvalue weighted by Gasteiger charge is 2.21. The van der Waals surface area contributed by atoms with E-state index in [2.05, 4.69) is 10.2 Å². The molecule has 0 amide bonds. The van der Waals surface area contributed by atoms with Gasteiger partial charge in [-0.3, -0.25) is 10.1 Å². The highest BCUT2D eigenvalue weighted by molar-refractivity contribution is 5.36. The van der Waals surface area contributed by atoms with Crippen molar-refractivity contribution in [2.75, 3.05) is 20.1 Å². The molecule has 98 valence electrons. The maximum absolute atomic E-state index is 13.8. The summed E-state index contributed by atoms with van der Waals surface area (Å²) in [4.78, 5) is 12.1. The van der Waals surface area contributed by atoms with Crippen molar-refractivity contribution in [2.45, 2.75) is 19.0 Å². The Morgan fingerprint density at radius 1 is 1.61 bits per heavy atom. The Morgan fingerprint density at radius 3 is 3.00 bits per heavy atom. The van der Waals surface area contributed by atoms with Gasteiger partial charge in [-0.05, 0) is 20.0 Å². The number of nitrogens with zero attached hydrogens (tertiary/aromatic N) is 2. The van der Waals surface area contributed by atoms with E-state index in [4.69, 9.17) is 0 Å². The molecule has 1 atom stereocenters. The fourth-order valence-electron chi connectivity index (χ4n) is 2.20. The lowest BCUT2D eigenvalue weighted by atomic mass is 10.1. The van der Waals surface area contributed by atoms with Crippen molar-refractivity contribution in [3.8, 4) is 0 Å². The molecule has 0 aromatic heterocycles. The van der Waals surface area contributed by atoms with Crippen molar-refractivity contribution in [1.29, 1.82) is 0 Å². The van der Waals surface area contributed by atoms with E-state index in [0.29, 0.717) is 18.2 Å². The maximum Gasteiger partial charge on any atom is 0.305 e. The van der Waals surface area contributed by atoms with Crippen LogP contribution in [0.25, 0.3) is 0 Å². The van der Waals surface area contributed by atoms with Crippen LogP contribution < -0.4 is 5.32 Å². The highest BCUT2D eigenvalue weighted by Crippen LogP contribution is 2.20. The second-order valence-corrected chi connectivity index (χ2v) is 4.64. The molecule has 1 fully saturated rings. The second-order valence-electron chi connectivity index (χ2n) is 4.64. The van der Waals surface area contributed by atoms with Gasteiger partial charge in [0.15, 0.2) is 0 Å². The van der Waals surface area contributed by atoms with E-state index in [0.717, 1.165) is 19.5 Å². The smallest absolute Gasteiger partial charge is 0.305 e. The van der Waals surface area contributed by atoms with Gasteiger partial charge in [0.25, 0.3) is 0 Å². The lowest BCUT2D eigenvalue weighted by Gasteiger charge is -2.13. The van der Waals surface area contributed by atoms with E-state index >= 15 is 0 Å². The Balaban J connectivity index is 2.01. The molecule has 1 saturated heterocycles. The molecular weight excluding hydrogens is 237 g/mol. The first-order valence-electron chi connectivity index (χ1n) is 5.91. The summed E-state index contributed by atoms with van der Waals surface area (Å²) >= 11 is 0. The molecule has 0 radical (unpaired) electrons. The van der Waals surface area contributed by atoms with Crippen LogP contribution in [0.5, 0.6) is 0 Å². The number of benzene rings is 1. The van der Waals surface area contributed by atoms with Crippen molar-refractivity contribution < 1.29 is 9.31 Å². The number of likely N-dealkylation sites (tertiary alicyclic amines) is 1. The van der Waals surface area contributed by atoms with Crippen molar-refractivity contribution in [3.05, 3.63) is 39.7 Å². The number of halogens is 1. The van der Waals surface area contributed by atoms with Gasteiger partial charge >= 0.3 is 5.69 Å². The molecule has 2 rings (SSSR count). The molecule has 0 aliphatic carbocycles. The van der Waals surface area contributed by atoms with Crippen LogP contribution in [-0.2, 0) is 6.54 Å². The third-order valence-corrected chi connectivity index (χ3v) is 3.23. The van der Waals surface area contributed by atoms with Crippen molar-refractivity contribution in [2.24, 2.45) is 0 Å². The van der Waals surface area contributed by atoms with E-state index in [-0.39, 0.29) is 0 Å². The molecule has 18 heavy (non-hydrogen) atoms. The molecule has 1 aromatic rings. The summed E-state index contributed by atoms with van der Waals surface area (Å²) < 4.78 is 13.8. The van der Waals surface area contributed by atoms with Gasteiger partial charge in [0.05, 0.1) is 4.92 Å². The summed E-state index contributed by atoms with van der Waals surface area (Å²) in [5, 5.41) is 13.8. The monoisotopic (exact) mass is 253 g/mol. The van der Waals surface area contributed by atoms with E-state index in [1.165, 1.54) is 12.1 Å². The summed E-state index contributed by atoms with van der Waals surface area (Å²) in [6.07, 6.45) is 1.02. The van der Waals surface area contributed by atoms with E-state index in [1.54, 1.807) is 6.07 Å². The maximum atomic E-state index is 13.8. The van der Waals surface area contributed by atoms with Gasteiger partial charge in [0.2, 0.25) is 5.82 Å². The molecule has 1 N–H and O–H groups in total. The molecule has 0 saturated carbocycles. The van der Waals surface area contributed by atoms with Gasteiger partial charge in [0.1, 0.15) is 0 Å². The second kappa shape index (κ2) is 5.41. The normalized spacial score (nSPS) is 20.2. The standard InChI is InChI=1S/C12H16FN3O2/c1-15-6-5-10(8-15)14-7-9-3-2-4-11(12(9)13)16(17)18/h2-4,10,14H,5-8H2,1H3. The van der Waals surface area contributed by atoms with Crippen LogP contribution in [-0.4, -0.2) is 36.0 Å². The van der Waals surface area contributed by atoms with Gasteiger partial charge in [-0.25, -0.2) is 0 Å². The minimum Gasteiger partial charge on any atom is -0.308 e. The summed E-state index contributed by atoms with van der Waals surface area (Å²) in [7, 11) is 2.04. The van der Waals surface area contributed by atoms with Crippen LogP contribution in [0.4, 0.5) is 10.1 Å². The van der Waals surface area contributed by atoms with Gasteiger partial charge in [0, 0.05) is 30.8 Å². The Hall–Kier alpha value is -1.53. The molecule has 5 nitrogen and oxygen atoms in total. The molecule has 0 spiro atoms. The average Bonchev–Trinajstić information content (AvgIpc) is 2.73. The quantitative estimate of drug-likeness (QED) is 0.653. The molecule has 0 bridgehead atoms. The predicted octanol–water partition coefficient (Wildman–Crippen LogP) is 1.53. The highest BCUT2D eigenvalue weighted by atomic mass is 19.1. The number of nitro groups is 1. The molecule has 1 aliphatic heterocycles. The van der Waals surface area contributed by atoms with Crippen molar-refractivity contribution in [1.82, 2.24) is 10.2 Å². The van der Waals surface area contributed by atoms with Crippen LogP contribution in [0.3, 0.4) is 0 Å². The molecule has 1 heterocycles. The van der Waals surface area contributed by atoms with E-state index in [1.807, 2.05) is 7.05 Å².